The van der Waals surface area contributed by atoms with Crippen LogP contribution in [0.4, 0.5) is 4.79 Å². The molecule has 2 atom stereocenters. The third kappa shape index (κ3) is 3.32. The van der Waals surface area contributed by atoms with Gasteiger partial charge >= 0.3 is 12.0 Å². The van der Waals surface area contributed by atoms with Crippen molar-refractivity contribution in [1.29, 1.82) is 0 Å². The zero-order valence-corrected chi connectivity index (χ0v) is 13.1. The summed E-state index contributed by atoms with van der Waals surface area (Å²) in [6.45, 7) is 5.26. The molecule has 21 heavy (non-hydrogen) atoms. The van der Waals surface area contributed by atoms with Crippen LogP contribution in [0.25, 0.3) is 0 Å². The Morgan fingerprint density at radius 3 is 2.14 bits per heavy atom. The van der Waals surface area contributed by atoms with Crippen molar-refractivity contribution in [2.75, 3.05) is 21.2 Å². The minimum atomic E-state index is -1.33. The van der Waals surface area contributed by atoms with Gasteiger partial charge in [0, 0.05) is 19.6 Å². The van der Waals surface area contributed by atoms with Crippen molar-refractivity contribution < 1.29 is 23.9 Å². The molecule has 0 unspecified atom stereocenters. The SMILES string of the molecule is COC(=O)[C@@H]1[C@@H](C(=O)NC(C)(C)C)C(=O)N(C)C(=O)N1C. The van der Waals surface area contributed by atoms with E-state index in [9.17, 15) is 19.2 Å². The molecule has 1 saturated heterocycles. The number of nitrogens with zero attached hydrogens (tertiary/aromatic N) is 2. The van der Waals surface area contributed by atoms with Crippen molar-refractivity contribution in [2.45, 2.75) is 32.4 Å². The molecule has 0 radical (unpaired) electrons. The van der Waals surface area contributed by atoms with Crippen molar-refractivity contribution >= 4 is 23.8 Å². The number of esters is 1. The Morgan fingerprint density at radius 1 is 1.19 bits per heavy atom. The highest BCUT2D eigenvalue weighted by Gasteiger charge is 2.51. The maximum atomic E-state index is 12.3. The largest absolute Gasteiger partial charge is 0.467 e. The number of imide groups is 1. The molecule has 1 aliphatic heterocycles. The summed E-state index contributed by atoms with van der Waals surface area (Å²) in [6, 6.07) is -1.93. The van der Waals surface area contributed by atoms with E-state index in [4.69, 9.17) is 0 Å². The Labute approximate surface area is 123 Å². The van der Waals surface area contributed by atoms with Gasteiger partial charge in [-0.2, -0.15) is 0 Å². The molecule has 4 amide bonds. The van der Waals surface area contributed by atoms with Crippen molar-refractivity contribution in [1.82, 2.24) is 15.1 Å². The summed E-state index contributed by atoms with van der Waals surface area (Å²) < 4.78 is 4.62. The highest BCUT2D eigenvalue weighted by molar-refractivity contribution is 6.12. The molecule has 0 aromatic rings. The molecule has 1 heterocycles. The number of hydrogen-bond acceptors (Lipinski definition) is 5. The molecule has 1 aliphatic rings. The average molecular weight is 299 g/mol. The van der Waals surface area contributed by atoms with Crippen LogP contribution in [0.5, 0.6) is 0 Å². The van der Waals surface area contributed by atoms with Gasteiger partial charge in [0.05, 0.1) is 7.11 Å². The first-order valence-corrected chi connectivity index (χ1v) is 6.45. The number of carbonyl (C=O) groups is 4. The highest BCUT2D eigenvalue weighted by atomic mass is 16.5. The van der Waals surface area contributed by atoms with E-state index in [2.05, 4.69) is 10.1 Å². The predicted molar refractivity (Wildman–Crippen MR) is 73.1 cm³/mol. The van der Waals surface area contributed by atoms with Gasteiger partial charge in [0.1, 0.15) is 5.92 Å². The maximum absolute atomic E-state index is 12.3. The molecule has 0 bridgehead atoms. The molecule has 8 heteroatoms. The Morgan fingerprint density at radius 2 is 1.71 bits per heavy atom. The zero-order valence-electron chi connectivity index (χ0n) is 13.1. The van der Waals surface area contributed by atoms with Gasteiger partial charge < -0.3 is 15.0 Å². The molecule has 0 aromatic carbocycles. The molecular weight excluding hydrogens is 278 g/mol. The number of likely N-dealkylation sites (N-methyl/N-ethyl adjacent to an activating group) is 1. The number of carbonyl (C=O) groups excluding carboxylic acids is 4. The number of urea groups is 1. The van der Waals surface area contributed by atoms with Crippen LogP contribution in [0.2, 0.25) is 0 Å². The standard InChI is InChI=1S/C13H21N3O5/c1-13(2,3)14-9(17)7-8(11(19)21-6)15(4)12(20)16(5)10(7)18/h7-8H,1-6H3,(H,14,17)/t7-,8-/m0/s1. The lowest BCUT2D eigenvalue weighted by Gasteiger charge is -2.40. The van der Waals surface area contributed by atoms with Gasteiger partial charge in [-0.15, -0.1) is 0 Å². The predicted octanol–water partition coefficient (Wildman–Crippen LogP) is -0.417. The van der Waals surface area contributed by atoms with Gasteiger partial charge in [-0.1, -0.05) is 0 Å². The minimum Gasteiger partial charge on any atom is -0.467 e. The fraction of sp³-hybridized carbons (Fsp3) is 0.692. The van der Waals surface area contributed by atoms with E-state index in [0.717, 1.165) is 16.9 Å². The Bertz CT molecular complexity index is 483. The molecule has 1 N–H and O–H groups in total. The molecule has 118 valence electrons. The summed E-state index contributed by atoms with van der Waals surface area (Å²) in [7, 11) is 3.76. The highest BCUT2D eigenvalue weighted by Crippen LogP contribution is 2.23. The van der Waals surface area contributed by atoms with Crippen LogP contribution in [0.15, 0.2) is 0 Å². The average Bonchev–Trinajstić information content (AvgIpc) is 2.37. The number of rotatable bonds is 2. The quantitative estimate of drug-likeness (QED) is 0.552. The fourth-order valence-electron chi connectivity index (χ4n) is 2.13. The first kappa shape index (κ1) is 16.9. The van der Waals surface area contributed by atoms with Gasteiger partial charge in [0.25, 0.3) is 0 Å². The maximum Gasteiger partial charge on any atom is 0.330 e. The first-order valence-electron chi connectivity index (χ1n) is 6.45. The zero-order chi connectivity index (χ0) is 16.5. The number of nitrogens with one attached hydrogen (secondary N) is 1. The van der Waals surface area contributed by atoms with E-state index < -0.39 is 41.3 Å². The van der Waals surface area contributed by atoms with E-state index >= 15 is 0 Å². The molecule has 0 spiro atoms. The monoisotopic (exact) mass is 299 g/mol. The van der Waals surface area contributed by atoms with E-state index in [1.165, 1.54) is 14.1 Å². The summed E-state index contributed by atoms with van der Waals surface area (Å²) in [6.07, 6.45) is 0. The minimum absolute atomic E-state index is 0.573. The summed E-state index contributed by atoms with van der Waals surface area (Å²) in [5.74, 6) is -3.48. The second-order valence-corrected chi connectivity index (χ2v) is 5.98. The fourth-order valence-corrected chi connectivity index (χ4v) is 2.13. The van der Waals surface area contributed by atoms with E-state index in [1.807, 2.05) is 0 Å². The van der Waals surface area contributed by atoms with E-state index in [-0.39, 0.29) is 0 Å². The molecule has 8 nitrogen and oxygen atoms in total. The summed E-state index contributed by atoms with van der Waals surface area (Å²) in [5.41, 5.74) is -0.573. The smallest absolute Gasteiger partial charge is 0.330 e. The normalized spacial score (nSPS) is 23.1. The van der Waals surface area contributed by atoms with Gasteiger partial charge in [-0.05, 0) is 20.8 Å². The summed E-state index contributed by atoms with van der Waals surface area (Å²) >= 11 is 0. The number of hydrogen-bond donors (Lipinski definition) is 1. The number of methoxy groups -OCH3 is 1. The molecule has 0 saturated carbocycles. The number of amides is 4. The van der Waals surface area contributed by atoms with Crippen molar-refractivity contribution in [3.05, 3.63) is 0 Å². The molecule has 0 aromatic heterocycles. The van der Waals surface area contributed by atoms with Crippen LogP contribution in [-0.2, 0) is 19.1 Å². The first-order chi connectivity index (χ1) is 9.51. The molecular formula is C13H21N3O5. The van der Waals surface area contributed by atoms with E-state index in [1.54, 1.807) is 20.8 Å². The molecule has 1 rings (SSSR count). The lowest BCUT2D eigenvalue weighted by atomic mass is 9.92. The van der Waals surface area contributed by atoms with Crippen LogP contribution in [0.1, 0.15) is 20.8 Å². The summed E-state index contributed by atoms with van der Waals surface area (Å²) in [5, 5.41) is 2.65. The topological polar surface area (TPSA) is 96.0 Å². The van der Waals surface area contributed by atoms with Gasteiger partial charge in [0.15, 0.2) is 6.04 Å². The van der Waals surface area contributed by atoms with E-state index in [0.29, 0.717) is 0 Å². The number of ether oxygens (including phenoxy) is 1. The van der Waals surface area contributed by atoms with Crippen LogP contribution >= 0.6 is 0 Å². The van der Waals surface area contributed by atoms with Gasteiger partial charge in [0.2, 0.25) is 11.8 Å². The Balaban J connectivity index is 3.21. The van der Waals surface area contributed by atoms with Crippen molar-refractivity contribution in [2.24, 2.45) is 5.92 Å². The second-order valence-electron chi connectivity index (χ2n) is 5.98. The molecule has 1 fully saturated rings. The van der Waals surface area contributed by atoms with Gasteiger partial charge in [-0.25, -0.2) is 9.59 Å². The van der Waals surface area contributed by atoms with Crippen LogP contribution in [0.3, 0.4) is 0 Å². The van der Waals surface area contributed by atoms with Gasteiger partial charge in [-0.3, -0.25) is 14.5 Å². The summed E-state index contributed by atoms with van der Waals surface area (Å²) in [4.78, 5) is 50.3. The Hall–Kier alpha value is -2.12. The van der Waals surface area contributed by atoms with Crippen LogP contribution in [-0.4, -0.2) is 66.4 Å². The van der Waals surface area contributed by atoms with Crippen molar-refractivity contribution in [3.63, 3.8) is 0 Å². The third-order valence-electron chi connectivity index (χ3n) is 3.14. The van der Waals surface area contributed by atoms with Crippen LogP contribution < -0.4 is 5.32 Å². The molecule has 0 aliphatic carbocycles. The lowest BCUT2D eigenvalue weighted by molar-refractivity contribution is -0.159. The second kappa shape index (κ2) is 5.71. The van der Waals surface area contributed by atoms with Crippen LogP contribution in [0, 0.1) is 5.92 Å². The van der Waals surface area contributed by atoms with Crippen molar-refractivity contribution in [3.8, 4) is 0 Å². The Kier molecular flexibility index (Phi) is 4.60. The third-order valence-corrected chi connectivity index (χ3v) is 3.14. The lowest BCUT2D eigenvalue weighted by Crippen LogP contribution is -2.66.